The first-order chi connectivity index (χ1) is 14.8. The van der Waals surface area contributed by atoms with Gasteiger partial charge in [0.25, 0.3) is 5.91 Å². The van der Waals surface area contributed by atoms with Crippen molar-refractivity contribution in [1.82, 2.24) is 9.88 Å². The standard InChI is InChI=1S/C26H31N3O2/c1-5-19-9-8-11-21(15-19)29-24(30)23-16-20-10-6-7-12-22(20)28(23)17-26(29,4)25(31)27-14-13-18(2)3/h6-12,15-16,18H,5,13-14,17H2,1-4H3,(H,27,31)/t26-/m0/s1. The molecule has 0 unspecified atom stereocenters. The number of benzene rings is 2. The lowest BCUT2D eigenvalue weighted by molar-refractivity contribution is -0.126. The Labute approximate surface area is 184 Å². The van der Waals surface area contributed by atoms with E-state index >= 15 is 0 Å². The third kappa shape index (κ3) is 3.73. The molecule has 5 heteroatoms. The van der Waals surface area contributed by atoms with Crippen LogP contribution in [0.4, 0.5) is 5.69 Å². The van der Waals surface area contributed by atoms with Gasteiger partial charge in [0.2, 0.25) is 5.91 Å². The SMILES string of the molecule is CCc1cccc(N2C(=O)c3cc4ccccc4n3C[C@@]2(C)C(=O)NCCC(C)C)c1. The largest absolute Gasteiger partial charge is 0.354 e. The minimum absolute atomic E-state index is 0.119. The zero-order chi connectivity index (χ0) is 22.2. The van der Waals surface area contributed by atoms with Crippen LogP contribution in [0.5, 0.6) is 0 Å². The van der Waals surface area contributed by atoms with Crippen LogP contribution in [-0.4, -0.2) is 28.5 Å². The molecule has 1 aromatic heterocycles. The summed E-state index contributed by atoms with van der Waals surface area (Å²) in [5.41, 5.74) is 2.47. The molecule has 162 valence electrons. The summed E-state index contributed by atoms with van der Waals surface area (Å²) in [5, 5.41) is 4.11. The third-order valence-corrected chi connectivity index (χ3v) is 6.27. The van der Waals surface area contributed by atoms with Gasteiger partial charge in [-0.2, -0.15) is 0 Å². The van der Waals surface area contributed by atoms with Crippen molar-refractivity contribution in [2.24, 2.45) is 5.92 Å². The molecule has 2 aromatic carbocycles. The fourth-order valence-electron chi connectivity index (χ4n) is 4.43. The fraction of sp³-hybridized carbons (Fsp3) is 0.385. The Bertz CT molecular complexity index is 1130. The van der Waals surface area contributed by atoms with Gasteiger partial charge in [0.15, 0.2) is 0 Å². The number of rotatable bonds is 6. The third-order valence-electron chi connectivity index (χ3n) is 6.27. The molecule has 3 aromatic rings. The first kappa shape index (κ1) is 21.2. The number of fused-ring (bicyclic) bond motifs is 3. The van der Waals surface area contributed by atoms with E-state index in [0.29, 0.717) is 24.7 Å². The Kier molecular flexibility index (Phi) is 5.61. The van der Waals surface area contributed by atoms with Gasteiger partial charge in [-0.1, -0.05) is 51.1 Å². The van der Waals surface area contributed by atoms with Crippen molar-refractivity contribution in [2.45, 2.75) is 52.6 Å². The Morgan fingerprint density at radius 1 is 1.13 bits per heavy atom. The number of hydrogen-bond acceptors (Lipinski definition) is 2. The first-order valence-corrected chi connectivity index (χ1v) is 11.1. The van der Waals surface area contributed by atoms with Crippen molar-refractivity contribution in [1.29, 1.82) is 0 Å². The number of aromatic nitrogens is 1. The minimum atomic E-state index is -1.03. The molecule has 31 heavy (non-hydrogen) atoms. The molecule has 4 rings (SSSR count). The van der Waals surface area contributed by atoms with Crippen molar-refractivity contribution in [3.63, 3.8) is 0 Å². The second-order valence-electron chi connectivity index (χ2n) is 9.05. The van der Waals surface area contributed by atoms with Crippen LogP contribution >= 0.6 is 0 Å². The molecular weight excluding hydrogens is 386 g/mol. The van der Waals surface area contributed by atoms with E-state index in [1.807, 2.05) is 60.0 Å². The maximum Gasteiger partial charge on any atom is 0.275 e. The number of nitrogens with zero attached hydrogens (tertiary/aromatic N) is 2. The van der Waals surface area contributed by atoms with Crippen LogP contribution in [0.15, 0.2) is 54.6 Å². The van der Waals surface area contributed by atoms with Crippen LogP contribution in [0.25, 0.3) is 10.9 Å². The lowest BCUT2D eigenvalue weighted by atomic mass is 9.93. The summed E-state index contributed by atoms with van der Waals surface area (Å²) in [6.07, 6.45) is 1.77. The summed E-state index contributed by atoms with van der Waals surface area (Å²) in [6, 6.07) is 17.9. The number of aryl methyl sites for hydroxylation is 1. The van der Waals surface area contributed by atoms with E-state index in [1.165, 1.54) is 0 Å². The zero-order valence-electron chi connectivity index (χ0n) is 18.8. The summed E-state index contributed by atoms with van der Waals surface area (Å²) < 4.78 is 2.00. The number of anilines is 1. The zero-order valence-corrected chi connectivity index (χ0v) is 18.8. The van der Waals surface area contributed by atoms with Crippen LogP contribution in [0, 0.1) is 5.92 Å². The van der Waals surface area contributed by atoms with Gasteiger partial charge in [-0.05, 0) is 55.5 Å². The maximum absolute atomic E-state index is 13.8. The van der Waals surface area contributed by atoms with Crippen LogP contribution in [0.2, 0.25) is 0 Å². The Balaban J connectivity index is 1.82. The highest BCUT2D eigenvalue weighted by atomic mass is 16.2. The molecule has 0 fully saturated rings. The summed E-state index contributed by atoms with van der Waals surface area (Å²) >= 11 is 0. The van der Waals surface area contributed by atoms with Crippen LogP contribution in [0.3, 0.4) is 0 Å². The number of carbonyl (C=O) groups is 2. The molecule has 5 nitrogen and oxygen atoms in total. The van der Waals surface area contributed by atoms with E-state index in [4.69, 9.17) is 0 Å². The van der Waals surface area contributed by atoms with Crippen LogP contribution in [-0.2, 0) is 17.8 Å². The van der Waals surface area contributed by atoms with E-state index in [2.05, 4.69) is 32.2 Å². The van der Waals surface area contributed by atoms with Crippen molar-refractivity contribution >= 4 is 28.4 Å². The number of carbonyl (C=O) groups excluding carboxylic acids is 2. The van der Waals surface area contributed by atoms with Gasteiger partial charge in [0.1, 0.15) is 11.2 Å². The van der Waals surface area contributed by atoms with Gasteiger partial charge >= 0.3 is 0 Å². The maximum atomic E-state index is 13.8. The smallest absolute Gasteiger partial charge is 0.275 e. The average molecular weight is 418 g/mol. The van der Waals surface area contributed by atoms with Gasteiger partial charge in [-0.25, -0.2) is 0 Å². The van der Waals surface area contributed by atoms with Gasteiger partial charge in [0.05, 0.1) is 6.54 Å². The molecule has 0 saturated heterocycles. The van der Waals surface area contributed by atoms with Gasteiger partial charge in [-0.15, -0.1) is 0 Å². The van der Waals surface area contributed by atoms with Crippen molar-refractivity contribution in [3.8, 4) is 0 Å². The highest BCUT2D eigenvalue weighted by Gasteiger charge is 2.48. The van der Waals surface area contributed by atoms with Crippen LogP contribution in [0.1, 0.15) is 50.2 Å². The van der Waals surface area contributed by atoms with Gasteiger partial charge in [0, 0.05) is 23.1 Å². The van der Waals surface area contributed by atoms with E-state index in [1.54, 1.807) is 4.90 Å². The number of hydrogen-bond donors (Lipinski definition) is 1. The molecule has 0 radical (unpaired) electrons. The molecule has 1 atom stereocenters. The summed E-state index contributed by atoms with van der Waals surface area (Å²) in [4.78, 5) is 29.0. The predicted molar refractivity (Wildman–Crippen MR) is 125 cm³/mol. The quantitative estimate of drug-likeness (QED) is 0.627. The second-order valence-corrected chi connectivity index (χ2v) is 9.05. The molecule has 0 bridgehead atoms. The molecule has 2 amide bonds. The fourth-order valence-corrected chi connectivity index (χ4v) is 4.43. The Morgan fingerprint density at radius 2 is 1.90 bits per heavy atom. The average Bonchev–Trinajstić information content (AvgIpc) is 3.12. The highest BCUT2D eigenvalue weighted by molar-refractivity contribution is 6.14. The molecule has 1 N–H and O–H groups in total. The van der Waals surface area contributed by atoms with Crippen LogP contribution < -0.4 is 10.2 Å². The molecule has 1 aliphatic rings. The van der Waals surface area contributed by atoms with E-state index in [-0.39, 0.29) is 11.8 Å². The van der Waals surface area contributed by atoms with Gasteiger partial charge in [-0.3, -0.25) is 14.5 Å². The monoisotopic (exact) mass is 417 g/mol. The molecule has 0 aliphatic carbocycles. The minimum Gasteiger partial charge on any atom is -0.354 e. The lowest BCUT2D eigenvalue weighted by Gasteiger charge is -2.44. The molecule has 0 spiro atoms. The highest BCUT2D eigenvalue weighted by Crippen LogP contribution is 2.36. The lowest BCUT2D eigenvalue weighted by Crippen LogP contribution is -2.64. The molecule has 2 heterocycles. The first-order valence-electron chi connectivity index (χ1n) is 11.1. The predicted octanol–water partition coefficient (Wildman–Crippen LogP) is 4.79. The molecular formula is C26H31N3O2. The Hall–Kier alpha value is -3.08. The van der Waals surface area contributed by atoms with E-state index < -0.39 is 5.54 Å². The summed E-state index contributed by atoms with van der Waals surface area (Å²) in [7, 11) is 0. The van der Waals surface area contributed by atoms with E-state index in [0.717, 1.165) is 35.0 Å². The summed E-state index contributed by atoms with van der Waals surface area (Å²) in [6.45, 7) is 9.25. The number of amides is 2. The van der Waals surface area contributed by atoms with E-state index in [9.17, 15) is 9.59 Å². The second kappa shape index (κ2) is 8.22. The molecule has 0 saturated carbocycles. The molecule has 1 aliphatic heterocycles. The number of para-hydroxylation sites is 1. The topological polar surface area (TPSA) is 54.3 Å². The normalized spacial score (nSPS) is 18.5. The van der Waals surface area contributed by atoms with Gasteiger partial charge < -0.3 is 9.88 Å². The summed E-state index contributed by atoms with van der Waals surface area (Å²) in [5.74, 6) is 0.238. The van der Waals surface area contributed by atoms with Crippen molar-refractivity contribution < 1.29 is 9.59 Å². The number of nitrogens with one attached hydrogen (secondary N) is 1. The van der Waals surface area contributed by atoms with Crippen molar-refractivity contribution in [2.75, 3.05) is 11.4 Å². The van der Waals surface area contributed by atoms with Crippen molar-refractivity contribution in [3.05, 3.63) is 65.9 Å². The Morgan fingerprint density at radius 3 is 2.65 bits per heavy atom.